The molecule has 214 valence electrons. The van der Waals surface area contributed by atoms with Crippen molar-refractivity contribution in [2.45, 2.75) is 33.5 Å². The molecule has 0 aliphatic rings. The largest absolute Gasteiger partial charge is 0.493 e. The number of nitrogens with zero attached hydrogens (tertiary/aromatic N) is 2. The van der Waals surface area contributed by atoms with Gasteiger partial charge in [0.2, 0.25) is 0 Å². The Kier molecular flexibility index (Phi) is 9.51. The number of methoxy groups -OCH3 is 2. The molecular weight excluding hydrogens is 594 g/mol. The van der Waals surface area contributed by atoms with Crippen LogP contribution in [0.1, 0.15) is 40.2 Å². The number of furan rings is 1. The molecule has 0 unspecified atom stereocenters. The summed E-state index contributed by atoms with van der Waals surface area (Å²) in [5, 5.41) is 4.02. The van der Waals surface area contributed by atoms with Gasteiger partial charge in [0.05, 0.1) is 20.4 Å². The number of benzene rings is 2. The number of carbonyl (C=O) groups excluding carboxylic acids is 2. The summed E-state index contributed by atoms with van der Waals surface area (Å²) in [6.07, 6.45) is 0.476. The van der Waals surface area contributed by atoms with Gasteiger partial charge in [-0.25, -0.2) is 10.2 Å². The molecule has 1 atom stereocenters. The molecule has 41 heavy (non-hydrogen) atoms. The fraction of sp³-hybridized carbons (Fsp3) is 0.233. The van der Waals surface area contributed by atoms with Crippen molar-refractivity contribution < 1.29 is 33.0 Å². The third kappa shape index (κ3) is 7.17. The highest BCUT2D eigenvalue weighted by atomic mass is 79.9. The maximum Gasteiger partial charge on any atom is 0.346 e. The fourth-order valence-electron chi connectivity index (χ4n) is 4.07. The summed E-state index contributed by atoms with van der Waals surface area (Å²) < 4.78 is 30.2. The maximum absolute atomic E-state index is 12.6. The van der Waals surface area contributed by atoms with E-state index >= 15 is 0 Å². The van der Waals surface area contributed by atoms with Crippen LogP contribution >= 0.6 is 15.9 Å². The summed E-state index contributed by atoms with van der Waals surface area (Å²) in [5.41, 5.74) is 6.23. The van der Waals surface area contributed by atoms with Crippen molar-refractivity contribution in [2.24, 2.45) is 5.10 Å². The first kappa shape index (κ1) is 29.5. The van der Waals surface area contributed by atoms with E-state index in [1.807, 2.05) is 24.3 Å². The number of ether oxygens (including phenoxy) is 4. The lowest BCUT2D eigenvalue weighted by Crippen LogP contribution is -2.25. The number of halogens is 1. The summed E-state index contributed by atoms with van der Waals surface area (Å²) in [6.45, 7) is 5.82. The van der Waals surface area contributed by atoms with Crippen LogP contribution in [0.25, 0.3) is 5.69 Å². The molecule has 0 fully saturated rings. The molecule has 0 spiro atoms. The first-order valence-corrected chi connectivity index (χ1v) is 13.4. The first-order chi connectivity index (χ1) is 19.7. The van der Waals surface area contributed by atoms with Gasteiger partial charge in [-0.1, -0.05) is 15.9 Å². The number of aryl methyl sites for hydroxylation is 2. The molecule has 2 heterocycles. The zero-order valence-corrected chi connectivity index (χ0v) is 24.9. The average molecular weight is 624 g/mol. The predicted octanol–water partition coefficient (Wildman–Crippen LogP) is 5.74. The molecule has 1 N–H and O–H groups in total. The number of rotatable bonds is 11. The van der Waals surface area contributed by atoms with Crippen LogP contribution < -0.4 is 19.6 Å². The minimum atomic E-state index is -0.897. The molecule has 0 radical (unpaired) electrons. The van der Waals surface area contributed by atoms with E-state index in [1.54, 1.807) is 31.2 Å². The van der Waals surface area contributed by atoms with Gasteiger partial charge in [0, 0.05) is 27.1 Å². The molecule has 10 nitrogen and oxygen atoms in total. The van der Waals surface area contributed by atoms with Crippen LogP contribution in [-0.2, 0) is 16.1 Å². The van der Waals surface area contributed by atoms with E-state index in [2.05, 4.69) is 57.0 Å². The Bertz CT molecular complexity index is 1540. The van der Waals surface area contributed by atoms with Crippen molar-refractivity contribution in [2.75, 3.05) is 14.2 Å². The number of amides is 1. The lowest BCUT2D eigenvalue weighted by molar-refractivity contribution is -0.147. The predicted molar refractivity (Wildman–Crippen MR) is 156 cm³/mol. The number of nitrogens with one attached hydrogen (secondary N) is 1. The summed E-state index contributed by atoms with van der Waals surface area (Å²) in [6, 6.07) is 18.5. The van der Waals surface area contributed by atoms with Gasteiger partial charge in [0.25, 0.3) is 0 Å². The van der Waals surface area contributed by atoms with Crippen LogP contribution in [0.15, 0.2) is 74.7 Å². The second-order valence-electron chi connectivity index (χ2n) is 9.01. The summed E-state index contributed by atoms with van der Waals surface area (Å²) in [4.78, 5) is 24.5. The summed E-state index contributed by atoms with van der Waals surface area (Å²) in [7, 11) is 2.74. The summed E-state index contributed by atoms with van der Waals surface area (Å²) in [5.74, 6) is 0.734. The van der Waals surface area contributed by atoms with Gasteiger partial charge in [0.15, 0.2) is 23.4 Å². The third-order valence-electron chi connectivity index (χ3n) is 6.10. The third-order valence-corrected chi connectivity index (χ3v) is 6.56. The van der Waals surface area contributed by atoms with Crippen molar-refractivity contribution in [1.82, 2.24) is 9.99 Å². The van der Waals surface area contributed by atoms with Crippen LogP contribution in [-0.4, -0.2) is 43.0 Å². The number of hydrazone groups is 1. The van der Waals surface area contributed by atoms with E-state index in [4.69, 9.17) is 23.4 Å². The zero-order chi connectivity index (χ0) is 29.5. The van der Waals surface area contributed by atoms with Crippen molar-refractivity contribution in [3.05, 3.63) is 93.6 Å². The lowest BCUT2D eigenvalue weighted by atomic mass is 10.2. The molecular formula is C30H30BrN3O7. The Labute approximate surface area is 246 Å². The van der Waals surface area contributed by atoms with E-state index in [1.165, 1.54) is 20.4 Å². The van der Waals surface area contributed by atoms with Crippen LogP contribution in [0.4, 0.5) is 0 Å². The van der Waals surface area contributed by atoms with Crippen molar-refractivity contribution in [1.29, 1.82) is 0 Å². The van der Waals surface area contributed by atoms with Crippen LogP contribution in [0.2, 0.25) is 0 Å². The molecule has 4 rings (SSSR count). The second kappa shape index (κ2) is 13.2. The molecule has 2 aromatic carbocycles. The number of esters is 1. The van der Waals surface area contributed by atoms with Crippen molar-refractivity contribution >= 4 is 34.0 Å². The Morgan fingerprint density at radius 1 is 1.05 bits per heavy atom. The van der Waals surface area contributed by atoms with Crippen LogP contribution in [0.3, 0.4) is 0 Å². The normalized spacial score (nSPS) is 11.8. The number of aromatic nitrogens is 1. The number of hydrogen-bond acceptors (Lipinski definition) is 8. The Balaban J connectivity index is 1.37. The highest BCUT2D eigenvalue weighted by Gasteiger charge is 2.20. The lowest BCUT2D eigenvalue weighted by Gasteiger charge is -2.17. The minimum Gasteiger partial charge on any atom is -0.493 e. The Hall–Kier alpha value is -4.51. The molecule has 1 amide bonds. The van der Waals surface area contributed by atoms with E-state index < -0.39 is 18.0 Å². The Morgan fingerprint density at radius 3 is 2.41 bits per heavy atom. The average Bonchev–Trinajstić information content (AvgIpc) is 3.58. The molecule has 0 saturated heterocycles. The fourth-order valence-corrected chi connectivity index (χ4v) is 4.52. The maximum atomic E-state index is 12.6. The van der Waals surface area contributed by atoms with Crippen LogP contribution in [0.5, 0.6) is 17.2 Å². The Morgan fingerprint density at radius 2 is 1.76 bits per heavy atom. The van der Waals surface area contributed by atoms with Gasteiger partial charge in [0.1, 0.15) is 18.1 Å². The minimum absolute atomic E-state index is 0.0669. The van der Waals surface area contributed by atoms with Gasteiger partial charge in [-0.3, -0.25) is 4.79 Å². The zero-order valence-electron chi connectivity index (χ0n) is 23.3. The standard InChI is InChI=1S/C30H30BrN3O7/c1-18-6-7-19(2)34(18)23-8-10-24(11-9-23)39-17-25-12-13-26(41-25)29(35)33-32-16-21-14-22(31)15-27(37-4)28(21)40-20(3)30(36)38-5/h6-16,20H,17H2,1-5H3,(H,33,35)/t20-/m0/s1. The van der Waals surface area contributed by atoms with E-state index in [0.717, 1.165) is 17.1 Å². The molecule has 0 aliphatic heterocycles. The molecule has 0 saturated carbocycles. The molecule has 0 bridgehead atoms. The highest BCUT2D eigenvalue weighted by Crippen LogP contribution is 2.35. The monoisotopic (exact) mass is 623 g/mol. The highest BCUT2D eigenvalue weighted by molar-refractivity contribution is 9.10. The molecule has 2 aromatic heterocycles. The van der Waals surface area contributed by atoms with Crippen LogP contribution in [0, 0.1) is 13.8 Å². The van der Waals surface area contributed by atoms with E-state index in [-0.39, 0.29) is 18.1 Å². The first-order valence-electron chi connectivity index (χ1n) is 12.6. The van der Waals surface area contributed by atoms with Gasteiger partial charge < -0.3 is 27.9 Å². The number of carbonyl (C=O) groups is 2. The molecule has 11 heteroatoms. The quantitative estimate of drug-likeness (QED) is 0.129. The summed E-state index contributed by atoms with van der Waals surface area (Å²) >= 11 is 3.40. The second-order valence-corrected chi connectivity index (χ2v) is 9.92. The van der Waals surface area contributed by atoms with Crippen molar-refractivity contribution in [3.63, 3.8) is 0 Å². The van der Waals surface area contributed by atoms with E-state index in [0.29, 0.717) is 27.3 Å². The molecule has 0 aliphatic carbocycles. The topological polar surface area (TPSA) is 114 Å². The van der Waals surface area contributed by atoms with Gasteiger partial charge in [-0.2, -0.15) is 5.10 Å². The van der Waals surface area contributed by atoms with Gasteiger partial charge in [-0.05, 0) is 81.4 Å². The number of hydrogen-bond donors (Lipinski definition) is 1. The SMILES string of the molecule is COC(=O)[C@H](C)Oc1c(C=NNC(=O)c2ccc(COc3ccc(-n4c(C)ccc4C)cc3)o2)cc(Br)cc1OC. The van der Waals surface area contributed by atoms with Gasteiger partial charge >= 0.3 is 11.9 Å². The van der Waals surface area contributed by atoms with E-state index in [9.17, 15) is 9.59 Å². The smallest absolute Gasteiger partial charge is 0.346 e. The van der Waals surface area contributed by atoms with Gasteiger partial charge in [-0.15, -0.1) is 0 Å². The van der Waals surface area contributed by atoms with Crippen molar-refractivity contribution in [3.8, 4) is 22.9 Å². The molecule has 4 aromatic rings.